The van der Waals surface area contributed by atoms with E-state index in [9.17, 15) is 0 Å². The van der Waals surface area contributed by atoms with Crippen molar-refractivity contribution < 1.29 is 5.11 Å². The summed E-state index contributed by atoms with van der Waals surface area (Å²) in [5.74, 6) is 0. The van der Waals surface area contributed by atoms with Crippen molar-refractivity contribution in [2.24, 2.45) is 0 Å². The van der Waals surface area contributed by atoms with Crippen LogP contribution >= 0.6 is 31.9 Å². The van der Waals surface area contributed by atoms with Gasteiger partial charge in [-0.05, 0) is 6.92 Å². The monoisotopic (exact) mass is 228 g/mol. The Labute approximate surface area is 59.4 Å². The highest BCUT2D eigenvalue weighted by Crippen LogP contribution is 2.59. The summed E-state index contributed by atoms with van der Waals surface area (Å²) in [4.78, 5) is 0. The Balaban J connectivity index is 2.59. The summed E-state index contributed by atoms with van der Waals surface area (Å²) in [5.41, 5.74) is -0.521. The van der Waals surface area contributed by atoms with Gasteiger partial charge in [0.25, 0.3) is 0 Å². The topological polar surface area (TPSA) is 20.2 Å². The first-order valence-corrected chi connectivity index (χ1v) is 3.64. The van der Waals surface area contributed by atoms with Crippen LogP contribution in [0.15, 0.2) is 0 Å². The Bertz CT molecular complexity index is 85.9. The molecule has 0 aromatic rings. The predicted molar refractivity (Wildman–Crippen MR) is 35.8 cm³/mol. The van der Waals surface area contributed by atoms with Crippen LogP contribution in [-0.4, -0.2) is 13.9 Å². The number of rotatable bonds is 0. The first kappa shape index (κ1) is 6.05. The first-order chi connectivity index (χ1) is 2.96. The van der Waals surface area contributed by atoms with Gasteiger partial charge in [0.2, 0.25) is 0 Å². The molecule has 1 aliphatic rings. The van der Waals surface area contributed by atoms with Crippen molar-refractivity contribution in [1.29, 1.82) is 0 Å². The molecule has 0 amide bonds. The summed E-state index contributed by atoms with van der Waals surface area (Å²) >= 11 is 6.55. The SMILES string of the molecule is CC1(O)CC1(Br)Br. The molecule has 0 saturated heterocycles. The van der Waals surface area contributed by atoms with Gasteiger partial charge in [-0.25, -0.2) is 0 Å². The standard InChI is InChI=1S/C4H6Br2O/c1-3(7)2-4(3,5)6/h7H,2H2,1H3. The zero-order chi connectivity index (χ0) is 5.71. The average Bonchev–Trinajstić information content (AvgIpc) is 1.63. The summed E-state index contributed by atoms with van der Waals surface area (Å²) in [7, 11) is 0. The van der Waals surface area contributed by atoms with Crippen molar-refractivity contribution in [3.8, 4) is 0 Å². The lowest BCUT2D eigenvalue weighted by molar-refractivity contribution is 0.172. The molecule has 0 spiro atoms. The van der Waals surface area contributed by atoms with Crippen molar-refractivity contribution in [2.45, 2.75) is 22.2 Å². The number of aliphatic hydroxyl groups is 1. The lowest BCUT2D eigenvalue weighted by atomic mass is 10.4. The van der Waals surface area contributed by atoms with E-state index in [-0.39, 0.29) is 3.23 Å². The maximum absolute atomic E-state index is 9.07. The first-order valence-electron chi connectivity index (χ1n) is 2.06. The van der Waals surface area contributed by atoms with E-state index in [1.807, 2.05) is 0 Å². The second kappa shape index (κ2) is 1.25. The molecule has 7 heavy (non-hydrogen) atoms. The van der Waals surface area contributed by atoms with Crippen molar-refractivity contribution in [3.63, 3.8) is 0 Å². The fourth-order valence-corrected chi connectivity index (χ4v) is 1.48. The van der Waals surface area contributed by atoms with E-state index < -0.39 is 5.60 Å². The second-order valence-electron chi connectivity index (χ2n) is 2.16. The molecule has 1 rings (SSSR count). The molecule has 1 fully saturated rings. The van der Waals surface area contributed by atoms with E-state index in [0.29, 0.717) is 0 Å². The van der Waals surface area contributed by atoms with E-state index in [2.05, 4.69) is 31.9 Å². The maximum atomic E-state index is 9.07. The van der Waals surface area contributed by atoms with Gasteiger partial charge in [-0.3, -0.25) is 0 Å². The third-order valence-corrected chi connectivity index (χ3v) is 3.50. The van der Waals surface area contributed by atoms with Crippen molar-refractivity contribution >= 4 is 31.9 Å². The Morgan fingerprint density at radius 2 is 1.71 bits per heavy atom. The zero-order valence-electron chi connectivity index (χ0n) is 3.91. The molecule has 1 atom stereocenters. The van der Waals surface area contributed by atoms with E-state index in [0.717, 1.165) is 6.42 Å². The highest BCUT2D eigenvalue weighted by molar-refractivity contribution is 9.25. The van der Waals surface area contributed by atoms with Gasteiger partial charge in [-0.2, -0.15) is 0 Å². The minimum Gasteiger partial charge on any atom is -0.388 e. The third kappa shape index (κ3) is 0.864. The molecule has 1 N–H and O–H groups in total. The number of hydrogen-bond acceptors (Lipinski definition) is 1. The lowest BCUT2D eigenvalue weighted by Gasteiger charge is -1.99. The molecule has 0 aromatic carbocycles. The highest BCUT2D eigenvalue weighted by Gasteiger charge is 2.60. The lowest BCUT2D eigenvalue weighted by Crippen LogP contribution is -2.08. The smallest absolute Gasteiger partial charge is 0.112 e. The quantitative estimate of drug-likeness (QED) is 0.627. The Hall–Kier alpha value is 0.920. The van der Waals surface area contributed by atoms with Crippen LogP contribution in [0, 0.1) is 0 Å². The second-order valence-corrected chi connectivity index (χ2v) is 5.93. The fraction of sp³-hybridized carbons (Fsp3) is 1.00. The number of alkyl halides is 2. The molecule has 0 aliphatic heterocycles. The van der Waals surface area contributed by atoms with Crippen molar-refractivity contribution in [3.05, 3.63) is 0 Å². The molecule has 1 aliphatic carbocycles. The highest BCUT2D eigenvalue weighted by atomic mass is 79.9. The average molecular weight is 230 g/mol. The van der Waals surface area contributed by atoms with Crippen LogP contribution in [0.5, 0.6) is 0 Å². The molecule has 0 heterocycles. The van der Waals surface area contributed by atoms with Crippen LogP contribution in [0.3, 0.4) is 0 Å². The van der Waals surface area contributed by atoms with Crippen LogP contribution < -0.4 is 0 Å². The normalized spacial score (nSPS) is 46.3. The number of halogens is 2. The minimum absolute atomic E-state index is 0.174. The van der Waals surface area contributed by atoms with E-state index in [4.69, 9.17) is 5.11 Å². The molecular weight excluding hydrogens is 224 g/mol. The molecule has 0 bridgehead atoms. The van der Waals surface area contributed by atoms with Crippen LogP contribution in [0.4, 0.5) is 0 Å². The molecule has 1 nitrogen and oxygen atoms in total. The van der Waals surface area contributed by atoms with Gasteiger partial charge in [0, 0.05) is 6.42 Å². The molecule has 0 aromatic heterocycles. The van der Waals surface area contributed by atoms with Gasteiger partial charge in [0.1, 0.15) is 3.23 Å². The van der Waals surface area contributed by atoms with Crippen LogP contribution in [0.2, 0.25) is 0 Å². The molecule has 3 heteroatoms. The molecule has 42 valence electrons. The molecular formula is C4H6Br2O. The number of hydrogen-bond donors (Lipinski definition) is 1. The molecule has 0 radical (unpaired) electrons. The zero-order valence-corrected chi connectivity index (χ0v) is 7.08. The Morgan fingerprint density at radius 3 is 1.71 bits per heavy atom. The minimum atomic E-state index is -0.521. The van der Waals surface area contributed by atoms with Gasteiger partial charge in [-0.15, -0.1) is 0 Å². The summed E-state index contributed by atoms with van der Waals surface area (Å²) < 4.78 is -0.174. The summed E-state index contributed by atoms with van der Waals surface area (Å²) in [5, 5.41) is 9.07. The van der Waals surface area contributed by atoms with Crippen molar-refractivity contribution in [2.75, 3.05) is 0 Å². The van der Waals surface area contributed by atoms with E-state index >= 15 is 0 Å². The third-order valence-electron chi connectivity index (χ3n) is 1.23. The van der Waals surface area contributed by atoms with Crippen LogP contribution in [-0.2, 0) is 0 Å². The largest absolute Gasteiger partial charge is 0.388 e. The fourth-order valence-electron chi connectivity index (χ4n) is 0.388. The maximum Gasteiger partial charge on any atom is 0.112 e. The Morgan fingerprint density at radius 1 is 1.57 bits per heavy atom. The summed E-state index contributed by atoms with van der Waals surface area (Å²) in [6, 6.07) is 0. The summed E-state index contributed by atoms with van der Waals surface area (Å²) in [6.45, 7) is 1.79. The van der Waals surface area contributed by atoms with Gasteiger partial charge < -0.3 is 5.11 Å². The molecule has 1 saturated carbocycles. The van der Waals surface area contributed by atoms with E-state index in [1.54, 1.807) is 6.92 Å². The summed E-state index contributed by atoms with van der Waals surface area (Å²) in [6.07, 6.45) is 0.792. The van der Waals surface area contributed by atoms with Gasteiger partial charge in [0.15, 0.2) is 0 Å². The van der Waals surface area contributed by atoms with Gasteiger partial charge in [0.05, 0.1) is 5.60 Å². The van der Waals surface area contributed by atoms with Gasteiger partial charge >= 0.3 is 0 Å². The van der Waals surface area contributed by atoms with Crippen LogP contribution in [0.25, 0.3) is 0 Å². The van der Waals surface area contributed by atoms with Crippen LogP contribution in [0.1, 0.15) is 13.3 Å². The Kier molecular flexibility index (Phi) is 1.08. The molecule has 1 unspecified atom stereocenters. The van der Waals surface area contributed by atoms with Gasteiger partial charge in [-0.1, -0.05) is 31.9 Å². The van der Waals surface area contributed by atoms with Crippen molar-refractivity contribution in [1.82, 2.24) is 0 Å². The van der Waals surface area contributed by atoms with E-state index in [1.165, 1.54) is 0 Å². The predicted octanol–water partition coefficient (Wildman–Crippen LogP) is 1.63.